The van der Waals surface area contributed by atoms with Crippen LogP contribution >= 0.6 is 0 Å². The zero-order valence-corrected chi connectivity index (χ0v) is 17.2. The van der Waals surface area contributed by atoms with Gasteiger partial charge in [-0.1, -0.05) is 24.3 Å². The summed E-state index contributed by atoms with van der Waals surface area (Å²) in [5.41, 5.74) is 2.79. The molecule has 3 rings (SSSR count). The lowest BCUT2D eigenvalue weighted by Crippen LogP contribution is -2.31. The number of oxazole rings is 1. The molecular weight excluding hydrogens is 427 g/mol. The number of hydrogen-bond acceptors (Lipinski definition) is 6. The molecule has 0 saturated carbocycles. The Morgan fingerprint density at radius 1 is 1.19 bits per heavy atom. The van der Waals surface area contributed by atoms with Crippen molar-refractivity contribution in [3.05, 3.63) is 65.9 Å². The van der Waals surface area contributed by atoms with Crippen molar-refractivity contribution in [3.63, 3.8) is 0 Å². The predicted octanol–water partition coefficient (Wildman–Crippen LogP) is 3.77. The molecule has 1 aromatic carbocycles. The zero-order chi connectivity index (χ0) is 23.1. The van der Waals surface area contributed by atoms with Crippen LogP contribution in [0.3, 0.4) is 0 Å². The van der Waals surface area contributed by atoms with Crippen LogP contribution in [0.4, 0.5) is 13.2 Å². The smallest absolute Gasteiger partial charge is 0.422 e. The quantitative estimate of drug-likeness (QED) is 0.516. The largest absolute Gasteiger partial charge is 0.483 e. The topological polar surface area (TPSA) is 97.5 Å². The molecule has 1 amide bonds. The van der Waals surface area contributed by atoms with Crippen LogP contribution < -0.4 is 10.1 Å². The number of alkyl halides is 3. The molecule has 0 spiro atoms. The average Bonchev–Trinajstić information content (AvgIpc) is 3.18. The van der Waals surface area contributed by atoms with Crippen molar-refractivity contribution in [2.75, 3.05) is 13.2 Å². The highest BCUT2D eigenvalue weighted by Gasteiger charge is 2.28. The number of aryl methyl sites for hydroxylation is 1. The van der Waals surface area contributed by atoms with Crippen LogP contribution in [-0.2, 0) is 11.2 Å². The first-order valence-electron chi connectivity index (χ1n) is 9.80. The van der Waals surface area contributed by atoms with Crippen LogP contribution in [0.15, 0.2) is 53.4 Å². The molecule has 170 valence electrons. The number of carbonyl (C=O) groups is 1. The Labute approximate surface area is 182 Å². The number of ether oxygens (including phenoxy) is 1. The summed E-state index contributed by atoms with van der Waals surface area (Å²) in [7, 11) is 0. The second-order valence-electron chi connectivity index (χ2n) is 7.10. The van der Waals surface area contributed by atoms with Crippen molar-refractivity contribution in [3.8, 4) is 17.1 Å². The number of nitrogens with one attached hydrogen (secondary N) is 1. The van der Waals surface area contributed by atoms with E-state index in [-0.39, 0.29) is 31.1 Å². The van der Waals surface area contributed by atoms with E-state index in [1.165, 1.54) is 18.5 Å². The lowest BCUT2D eigenvalue weighted by molar-refractivity contribution is -0.153. The molecule has 2 heterocycles. The van der Waals surface area contributed by atoms with Gasteiger partial charge in [0.15, 0.2) is 18.8 Å². The predicted molar refractivity (Wildman–Crippen MR) is 109 cm³/mol. The van der Waals surface area contributed by atoms with Gasteiger partial charge < -0.3 is 19.6 Å². The molecule has 0 aliphatic carbocycles. The molecule has 1 unspecified atom stereocenters. The standard InChI is InChI=1S/C22H22F3N3O4/c1-14-21(32-13-27-14)16-4-2-15(3-5-16)10-20(30)28-19(8-9-29)18-7-6-17(11-26-18)31-12-22(23,24)25/h2-7,11,13,19,29H,8-10,12H2,1H3,(H,28,30). The molecule has 3 aromatic rings. The van der Waals surface area contributed by atoms with E-state index in [4.69, 9.17) is 4.42 Å². The summed E-state index contributed by atoms with van der Waals surface area (Å²) in [6, 6.07) is 9.49. The summed E-state index contributed by atoms with van der Waals surface area (Å²) in [6.45, 7) is 0.217. The van der Waals surface area contributed by atoms with Crippen molar-refractivity contribution >= 4 is 5.91 Å². The Bertz CT molecular complexity index is 1020. The summed E-state index contributed by atoms with van der Waals surface area (Å²) in [4.78, 5) is 20.6. The molecule has 0 fully saturated rings. The van der Waals surface area contributed by atoms with Gasteiger partial charge >= 0.3 is 6.18 Å². The zero-order valence-electron chi connectivity index (χ0n) is 17.2. The first-order chi connectivity index (χ1) is 15.2. The monoisotopic (exact) mass is 449 g/mol. The van der Waals surface area contributed by atoms with Crippen molar-refractivity contribution in [2.45, 2.75) is 32.0 Å². The number of aromatic nitrogens is 2. The average molecular weight is 449 g/mol. The van der Waals surface area contributed by atoms with Crippen LogP contribution in [0, 0.1) is 6.92 Å². The Morgan fingerprint density at radius 2 is 1.94 bits per heavy atom. The number of benzene rings is 1. The number of hydrogen-bond donors (Lipinski definition) is 2. The Morgan fingerprint density at radius 3 is 2.50 bits per heavy atom. The van der Waals surface area contributed by atoms with Gasteiger partial charge in [0, 0.05) is 12.2 Å². The minimum atomic E-state index is -4.45. The molecule has 0 aliphatic heterocycles. The molecule has 10 heteroatoms. The van der Waals surface area contributed by atoms with Crippen molar-refractivity contribution in [2.24, 2.45) is 0 Å². The number of amides is 1. The molecule has 2 aromatic heterocycles. The molecule has 1 atom stereocenters. The van der Waals surface area contributed by atoms with Crippen LogP contribution in [0.2, 0.25) is 0 Å². The number of aliphatic hydroxyl groups is 1. The maximum Gasteiger partial charge on any atom is 0.422 e. The van der Waals surface area contributed by atoms with Gasteiger partial charge in [-0.15, -0.1) is 0 Å². The minimum absolute atomic E-state index is 0.0396. The van der Waals surface area contributed by atoms with Crippen molar-refractivity contribution < 1.29 is 32.2 Å². The molecular formula is C22H22F3N3O4. The van der Waals surface area contributed by atoms with Crippen molar-refractivity contribution in [1.82, 2.24) is 15.3 Å². The van der Waals surface area contributed by atoms with Crippen LogP contribution in [0.25, 0.3) is 11.3 Å². The first-order valence-corrected chi connectivity index (χ1v) is 9.80. The Hall–Kier alpha value is -3.40. The highest BCUT2D eigenvalue weighted by Crippen LogP contribution is 2.23. The Kier molecular flexibility index (Phi) is 7.47. The number of halogens is 3. The number of carbonyl (C=O) groups excluding carboxylic acids is 1. The third kappa shape index (κ3) is 6.55. The van der Waals surface area contributed by atoms with Gasteiger partial charge in [0.05, 0.1) is 30.0 Å². The third-order valence-corrected chi connectivity index (χ3v) is 4.60. The lowest BCUT2D eigenvalue weighted by atomic mass is 10.1. The summed E-state index contributed by atoms with van der Waals surface area (Å²) < 4.78 is 46.8. The van der Waals surface area contributed by atoms with E-state index in [1.807, 2.05) is 31.2 Å². The van der Waals surface area contributed by atoms with E-state index >= 15 is 0 Å². The molecule has 0 radical (unpaired) electrons. The first kappa shape index (κ1) is 23.3. The van der Waals surface area contributed by atoms with E-state index < -0.39 is 18.8 Å². The highest BCUT2D eigenvalue weighted by molar-refractivity contribution is 5.79. The minimum Gasteiger partial charge on any atom is -0.483 e. The molecule has 32 heavy (non-hydrogen) atoms. The maximum absolute atomic E-state index is 12.5. The number of nitrogens with zero attached hydrogens (tertiary/aromatic N) is 2. The van der Waals surface area contributed by atoms with Gasteiger partial charge in [-0.2, -0.15) is 13.2 Å². The number of rotatable bonds is 9. The fourth-order valence-corrected chi connectivity index (χ4v) is 3.06. The SMILES string of the molecule is Cc1ncoc1-c1ccc(CC(=O)NC(CCO)c2ccc(OCC(F)(F)F)cn2)cc1. The molecule has 0 aliphatic rings. The van der Waals surface area contributed by atoms with Crippen LogP contribution in [0.5, 0.6) is 5.75 Å². The summed E-state index contributed by atoms with van der Waals surface area (Å²) in [6.07, 6.45) is -1.62. The summed E-state index contributed by atoms with van der Waals surface area (Å²) >= 11 is 0. The Balaban J connectivity index is 1.60. The van der Waals surface area contributed by atoms with Gasteiger partial charge in [0.1, 0.15) is 5.75 Å². The van der Waals surface area contributed by atoms with Gasteiger partial charge in [-0.3, -0.25) is 9.78 Å². The molecule has 7 nitrogen and oxygen atoms in total. The van der Waals surface area contributed by atoms with E-state index in [9.17, 15) is 23.1 Å². The molecule has 0 saturated heterocycles. The fraction of sp³-hybridized carbons (Fsp3) is 0.318. The van der Waals surface area contributed by atoms with Gasteiger partial charge in [0.25, 0.3) is 0 Å². The van der Waals surface area contributed by atoms with Gasteiger partial charge in [-0.05, 0) is 31.0 Å². The number of pyridine rings is 1. The number of aliphatic hydroxyl groups excluding tert-OH is 1. The summed E-state index contributed by atoms with van der Waals surface area (Å²) in [5.74, 6) is 0.339. The highest BCUT2D eigenvalue weighted by atomic mass is 19.4. The molecule has 0 bridgehead atoms. The van der Waals surface area contributed by atoms with E-state index in [0.717, 1.165) is 23.0 Å². The van der Waals surface area contributed by atoms with Crippen molar-refractivity contribution in [1.29, 1.82) is 0 Å². The van der Waals surface area contributed by atoms with Crippen LogP contribution in [0.1, 0.15) is 29.4 Å². The normalized spacial score (nSPS) is 12.4. The van der Waals surface area contributed by atoms with Gasteiger partial charge in [-0.25, -0.2) is 4.98 Å². The maximum atomic E-state index is 12.5. The second kappa shape index (κ2) is 10.3. The van der Waals surface area contributed by atoms with E-state index in [1.54, 1.807) is 0 Å². The summed E-state index contributed by atoms with van der Waals surface area (Å²) in [5, 5.41) is 12.1. The fourth-order valence-electron chi connectivity index (χ4n) is 3.06. The lowest BCUT2D eigenvalue weighted by Gasteiger charge is -2.18. The molecule has 2 N–H and O–H groups in total. The van der Waals surface area contributed by atoms with Gasteiger partial charge in [0.2, 0.25) is 5.91 Å². The van der Waals surface area contributed by atoms with E-state index in [2.05, 4.69) is 20.0 Å². The second-order valence-corrected chi connectivity index (χ2v) is 7.10. The van der Waals surface area contributed by atoms with E-state index in [0.29, 0.717) is 11.5 Å². The third-order valence-electron chi connectivity index (χ3n) is 4.60. The van der Waals surface area contributed by atoms with Crippen LogP contribution in [-0.4, -0.2) is 40.4 Å².